The molecule has 0 aliphatic heterocycles. The van der Waals surface area contributed by atoms with E-state index in [1.165, 1.54) is 0 Å². The highest BCUT2D eigenvalue weighted by molar-refractivity contribution is 6.31. The average molecular weight is 377 g/mol. The van der Waals surface area contributed by atoms with E-state index in [0.717, 1.165) is 5.56 Å². The fraction of sp³-hybridized carbons (Fsp3) is 0.350. The summed E-state index contributed by atoms with van der Waals surface area (Å²) in [6.07, 6.45) is 0.315. The Labute approximate surface area is 159 Å². The van der Waals surface area contributed by atoms with Gasteiger partial charge in [-0.2, -0.15) is 0 Å². The molecule has 2 aromatic rings. The van der Waals surface area contributed by atoms with Crippen molar-refractivity contribution in [3.05, 3.63) is 53.1 Å². The molecule has 0 radical (unpaired) electrons. The van der Waals surface area contributed by atoms with Crippen molar-refractivity contribution in [2.45, 2.75) is 32.4 Å². The highest BCUT2D eigenvalue weighted by Crippen LogP contribution is 2.29. The number of ether oxygens (including phenoxy) is 2. The van der Waals surface area contributed by atoms with E-state index in [2.05, 4.69) is 10.6 Å². The quantitative estimate of drug-likeness (QED) is 0.715. The Morgan fingerprint density at radius 2 is 1.85 bits per heavy atom. The number of hydrogen-bond acceptors (Lipinski definition) is 4. The zero-order valence-corrected chi connectivity index (χ0v) is 16.3. The van der Waals surface area contributed by atoms with Crippen LogP contribution in [0.3, 0.4) is 0 Å². The molecule has 2 atom stereocenters. The van der Waals surface area contributed by atoms with Gasteiger partial charge < -0.3 is 20.1 Å². The lowest BCUT2D eigenvalue weighted by atomic mass is 10.1. The first-order valence-electron chi connectivity index (χ1n) is 8.47. The van der Waals surface area contributed by atoms with E-state index in [4.69, 9.17) is 21.1 Å². The van der Waals surface area contributed by atoms with Crippen LogP contribution < -0.4 is 20.1 Å². The standard InChI is InChI=1S/C20H25ClN2O3/c1-13(22-14(2)16-7-5-6-8-17(16)21)11-20(24)23-18-12-15(25-3)9-10-19(18)26-4/h5-10,12-14,22H,11H2,1-4H3,(H,23,24). The van der Waals surface area contributed by atoms with Gasteiger partial charge in [0.15, 0.2) is 0 Å². The van der Waals surface area contributed by atoms with E-state index in [9.17, 15) is 4.79 Å². The predicted octanol–water partition coefficient (Wildman–Crippen LogP) is 4.43. The molecule has 0 spiro atoms. The van der Waals surface area contributed by atoms with Crippen molar-refractivity contribution >= 4 is 23.2 Å². The van der Waals surface area contributed by atoms with Gasteiger partial charge in [-0.3, -0.25) is 4.79 Å². The Balaban J connectivity index is 1.96. The van der Waals surface area contributed by atoms with Crippen LogP contribution >= 0.6 is 11.6 Å². The van der Waals surface area contributed by atoms with Crippen molar-refractivity contribution in [3.63, 3.8) is 0 Å². The third kappa shape index (κ3) is 5.38. The maximum Gasteiger partial charge on any atom is 0.226 e. The Bertz CT molecular complexity index is 752. The second kappa shape index (κ2) is 9.46. The molecule has 2 unspecified atom stereocenters. The lowest BCUT2D eigenvalue weighted by Crippen LogP contribution is -2.32. The molecule has 2 rings (SSSR count). The monoisotopic (exact) mass is 376 g/mol. The summed E-state index contributed by atoms with van der Waals surface area (Å²) in [5.41, 5.74) is 1.60. The van der Waals surface area contributed by atoms with Gasteiger partial charge in [0.25, 0.3) is 0 Å². The molecule has 6 heteroatoms. The maximum atomic E-state index is 12.4. The van der Waals surface area contributed by atoms with Crippen LogP contribution in [-0.2, 0) is 4.79 Å². The van der Waals surface area contributed by atoms with Crippen molar-refractivity contribution in [2.75, 3.05) is 19.5 Å². The topological polar surface area (TPSA) is 59.6 Å². The molecule has 0 heterocycles. The van der Waals surface area contributed by atoms with Gasteiger partial charge >= 0.3 is 0 Å². The van der Waals surface area contributed by atoms with Gasteiger partial charge in [-0.1, -0.05) is 29.8 Å². The fourth-order valence-corrected chi connectivity index (χ4v) is 3.09. The van der Waals surface area contributed by atoms with Gasteiger partial charge in [0.2, 0.25) is 5.91 Å². The van der Waals surface area contributed by atoms with Gasteiger partial charge in [0.1, 0.15) is 11.5 Å². The minimum Gasteiger partial charge on any atom is -0.497 e. The maximum absolute atomic E-state index is 12.4. The van der Waals surface area contributed by atoms with Crippen LogP contribution in [0.25, 0.3) is 0 Å². The van der Waals surface area contributed by atoms with E-state index in [0.29, 0.717) is 28.6 Å². The number of carbonyl (C=O) groups is 1. The number of halogens is 1. The van der Waals surface area contributed by atoms with E-state index >= 15 is 0 Å². The highest BCUT2D eigenvalue weighted by atomic mass is 35.5. The summed E-state index contributed by atoms with van der Waals surface area (Å²) in [6, 6.07) is 13.0. The SMILES string of the molecule is COc1ccc(OC)c(NC(=O)CC(C)NC(C)c2ccccc2Cl)c1. The number of hydrogen-bond donors (Lipinski definition) is 2. The number of benzene rings is 2. The summed E-state index contributed by atoms with van der Waals surface area (Å²) in [5, 5.41) is 7.00. The van der Waals surface area contributed by atoms with Crippen LogP contribution in [0.1, 0.15) is 31.9 Å². The van der Waals surface area contributed by atoms with E-state index in [1.54, 1.807) is 32.4 Å². The van der Waals surface area contributed by atoms with Crippen molar-refractivity contribution in [3.8, 4) is 11.5 Å². The van der Waals surface area contributed by atoms with Crippen LogP contribution in [0.5, 0.6) is 11.5 Å². The van der Waals surface area contributed by atoms with E-state index < -0.39 is 0 Å². The summed E-state index contributed by atoms with van der Waals surface area (Å²) in [5.74, 6) is 1.13. The minimum atomic E-state index is -0.108. The second-order valence-electron chi connectivity index (χ2n) is 6.13. The molecule has 140 valence electrons. The molecule has 2 aromatic carbocycles. The number of nitrogens with one attached hydrogen (secondary N) is 2. The van der Waals surface area contributed by atoms with Gasteiger partial charge in [-0.15, -0.1) is 0 Å². The molecule has 0 saturated carbocycles. The number of carbonyl (C=O) groups excluding carboxylic acids is 1. The molecule has 0 aromatic heterocycles. The third-order valence-corrected chi connectivity index (χ3v) is 4.42. The first kappa shape index (κ1) is 20.1. The molecule has 1 amide bonds. The van der Waals surface area contributed by atoms with Crippen LogP contribution in [0.2, 0.25) is 5.02 Å². The van der Waals surface area contributed by atoms with Gasteiger partial charge in [0.05, 0.1) is 19.9 Å². The van der Waals surface area contributed by atoms with Crippen LogP contribution in [0.4, 0.5) is 5.69 Å². The molecular formula is C20H25ClN2O3. The minimum absolute atomic E-state index is 0.0297. The molecule has 0 bridgehead atoms. The predicted molar refractivity (Wildman–Crippen MR) is 105 cm³/mol. The van der Waals surface area contributed by atoms with Crippen LogP contribution in [0.15, 0.2) is 42.5 Å². The lowest BCUT2D eigenvalue weighted by Gasteiger charge is -2.21. The first-order valence-corrected chi connectivity index (χ1v) is 8.84. The lowest BCUT2D eigenvalue weighted by molar-refractivity contribution is -0.116. The summed E-state index contributed by atoms with van der Waals surface area (Å²) < 4.78 is 10.5. The number of rotatable bonds is 8. The highest BCUT2D eigenvalue weighted by Gasteiger charge is 2.16. The number of methoxy groups -OCH3 is 2. The molecule has 5 nitrogen and oxygen atoms in total. The fourth-order valence-electron chi connectivity index (χ4n) is 2.79. The Kier molecular flexibility index (Phi) is 7.30. The second-order valence-corrected chi connectivity index (χ2v) is 6.54. The van der Waals surface area contributed by atoms with Crippen molar-refractivity contribution < 1.29 is 14.3 Å². The molecule has 0 aliphatic carbocycles. The molecule has 26 heavy (non-hydrogen) atoms. The number of anilines is 1. The summed E-state index contributed by atoms with van der Waals surface area (Å²) >= 11 is 6.23. The van der Waals surface area contributed by atoms with Gasteiger partial charge in [-0.25, -0.2) is 0 Å². The molecule has 2 N–H and O–H groups in total. The zero-order valence-electron chi connectivity index (χ0n) is 15.5. The third-order valence-electron chi connectivity index (χ3n) is 4.08. The molecule has 0 fully saturated rings. The summed E-state index contributed by atoms with van der Waals surface area (Å²) in [6.45, 7) is 4.00. The smallest absolute Gasteiger partial charge is 0.226 e. The summed E-state index contributed by atoms with van der Waals surface area (Å²) in [4.78, 5) is 12.4. The first-order chi connectivity index (χ1) is 12.4. The number of amides is 1. The van der Waals surface area contributed by atoms with E-state index in [1.807, 2.05) is 38.1 Å². The van der Waals surface area contributed by atoms with E-state index in [-0.39, 0.29) is 18.0 Å². The van der Waals surface area contributed by atoms with Gasteiger partial charge in [-0.05, 0) is 37.6 Å². The van der Waals surface area contributed by atoms with Crippen LogP contribution in [0, 0.1) is 0 Å². The summed E-state index contributed by atoms with van der Waals surface area (Å²) in [7, 11) is 3.14. The Morgan fingerprint density at radius 3 is 2.50 bits per heavy atom. The van der Waals surface area contributed by atoms with Crippen molar-refractivity contribution in [2.24, 2.45) is 0 Å². The largest absolute Gasteiger partial charge is 0.497 e. The Hall–Kier alpha value is -2.24. The Morgan fingerprint density at radius 1 is 1.12 bits per heavy atom. The molecule has 0 aliphatic rings. The zero-order chi connectivity index (χ0) is 19.1. The van der Waals surface area contributed by atoms with Gasteiger partial charge in [0, 0.05) is 29.6 Å². The van der Waals surface area contributed by atoms with Crippen molar-refractivity contribution in [1.29, 1.82) is 0 Å². The van der Waals surface area contributed by atoms with Crippen molar-refractivity contribution in [1.82, 2.24) is 5.32 Å². The molecular weight excluding hydrogens is 352 g/mol. The van der Waals surface area contributed by atoms with Crippen LogP contribution in [-0.4, -0.2) is 26.2 Å². The normalized spacial score (nSPS) is 13.0. The average Bonchev–Trinajstić information content (AvgIpc) is 2.61. The molecule has 0 saturated heterocycles.